The first-order valence-corrected chi connectivity index (χ1v) is 16.3. The van der Waals surface area contributed by atoms with Crippen LogP contribution in [0.3, 0.4) is 0 Å². The molecular weight excluding hydrogens is 594 g/mol. The lowest BCUT2D eigenvalue weighted by molar-refractivity contribution is -0.138. The number of amides is 1. The van der Waals surface area contributed by atoms with Crippen molar-refractivity contribution in [1.29, 1.82) is 0 Å². The Labute approximate surface area is 261 Å². The van der Waals surface area contributed by atoms with Gasteiger partial charge in [-0.25, -0.2) is 8.42 Å². The molecule has 0 bridgehead atoms. The maximum Gasteiger partial charge on any atom is 0.323 e. The molecule has 1 aromatic heterocycles. The van der Waals surface area contributed by atoms with Crippen LogP contribution in [-0.2, 0) is 21.2 Å². The van der Waals surface area contributed by atoms with Gasteiger partial charge in [0.15, 0.2) is 6.29 Å². The van der Waals surface area contributed by atoms with Crippen molar-refractivity contribution in [2.24, 2.45) is 4.99 Å². The van der Waals surface area contributed by atoms with E-state index in [-0.39, 0.29) is 16.7 Å². The summed E-state index contributed by atoms with van der Waals surface area (Å²) >= 11 is 0. The van der Waals surface area contributed by atoms with Crippen LogP contribution in [0, 0.1) is 13.8 Å². The number of aliphatic imine (C=N–C) groups is 1. The number of H-pyrrole nitrogens is 1. The van der Waals surface area contributed by atoms with Crippen LogP contribution in [-0.4, -0.2) is 73.8 Å². The summed E-state index contributed by atoms with van der Waals surface area (Å²) in [5, 5.41) is 27.2. The zero-order valence-electron chi connectivity index (χ0n) is 25.1. The van der Waals surface area contributed by atoms with Crippen molar-refractivity contribution < 1.29 is 23.1 Å². The number of carbonyl (C=O) groups is 2. The second kappa shape index (κ2) is 14.1. The fraction of sp³-hybridized carbons (Fsp3) is 0.312. The lowest BCUT2D eigenvalue weighted by Gasteiger charge is -2.19. The van der Waals surface area contributed by atoms with Crippen molar-refractivity contribution in [2.45, 2.75) is 50.3 Å². The van der Waals surface area contributed by atoms with Gasteiger partial charge in [-0.15, -0.1) is 0 Å². The van der Waals surface area contributed by atoms with Crippen molar-refractivity contribution >= 4 is 39.0 Å². The SMILES string of the molecule is Cc1cc(-c2ccccc2)cc(C)c1S(=O)(=O)NC(CNC(=O)c1cccc2c(CCCNC3N=CCCN3)[nH]nc12)C(=O)O. The van der Waals surface area contributed by atoms with Crippen molar-refractivity contribution in [1.82, 2.24) is 30.9 Å². The van der Waals surface area contributed by atoms with E-state index in [1.807, 2.05) is 42.6 Å². The predicted octanol–water partition coefficient (Wildman–Crippen LogP) is 2.88. The summed E-state index contributed by atoms with van der Waals surface area (Å²) in [6.07, 6.45) is 4.25. The molecular formula is C32H37N7O5S. The number of aryl methyl sites for hydroxylation is 3. The number of para-hydroxylation sites is 1. The molecule has 45 heavy (non-hydrogen) atoms. The van der Waals surface area contributed by atoms with E-state index in [9.17, 15) is 23.1 Å². The van der Waals surface area contributed by atoms with Crippen LogP contribution in [0.4, 0.5) is 0 Å². The van der Waals surface area contributed by atoms with Crippen molar-refractivity contribution in [3.05, 3.63) is 83.0 Å². The number of nitrogens with zero attached hydrogens (tertiary/aromatic N) is 2. The minimum atomic E-state index is -4.24. The van der Waals surface area contributed by atoms with Gasteiger partial charge in [0.2, 0.25) is 10.0 Å². The highest BCUT2D eigenvalue weighted by atomic mass is 32.2. The van der Waals surface area contributed by atoms with Gasteiger partial charge < -0.3 is 10.4 Å². The average Bonchev–Trinajstić information content (AvgIpc) is 3.44. The number of hydrogen-bond donors (Lipinski definition) is 6. The monoisotopic (exact) mass is 631 g/mol. The largest absolute Gasteiger partial charge is 0.480 e. The molecule has 2 unspecified atom stereocenters. The van der Waals surface area contributed by atoms with Gasteiger partial charge in [0, 0.05) is 30.4 Å². The predicted molar refractivity (Wildman–Crippen MR) is 173 cm³/mol. The average molecular weight is 632 g/mol. The van der Waals surface area contributed by atoms with Crippen LogP contribution < -0.4 is 20.7 Å². The highest BCUT2D eigenvalue weighted by Crippen LogP contribution is 2.28. The first-order valence-electron chi connectivity index (χ1n) is 14.8. The molecule has 1 aliphatic heterocycles. The second-order valence-corrected chi connectivity index (χ2v) is 12.6. The molecule has 4 aromatic rings. The van der Waals surface area contributed by atoms with E-state index in [0.29, 0.717) is 23.1 Å². The summed E-state index contributed by atoms with van der Waals surface area (Å²) in [6, 6.07) is 16.7. The Morgan fingerprint density at radius 2 is 1.80 bits per heavy atom. The molecule has 2 atom stereocenters. The number of fused-ring (bicyclic) bond motifs is 1. The van der Waals surface area contributed by atoms with Gasteiger partial charge in [0.1, 0.15) is 11.6 Å². The molecule has 236 valence electrons. The van der Waals surface area contributed by atoms with Gasteiger partial charge in [-0.3, -0.25) is 30.3 Å². The molecule has 0 spiro atoms. The third kappa shape index (κ3) is 7.63. The smallest absolute Gasteiger partial charge is 0.323 e. The van der Waals surface area contributed by atoms with Gasteiger partial charge in [-0.1, -0.05) is 54.6 Å². The zero-order valence-corrected chi connectivity index (χ0v) is 25.9. The van der Waals surface area contributed by atoms with Gasteiger partial charge >= 0.3 is 5.97 Å². The van der Waals surface area contributed by atoms with Gasteiger partial charge in [-0.05, 0) is 68.0 Å². The Kier molecular flexibility index (Phi) is 10.0. The number of carboxylic acids is 1. The van der Waals surface area contributed by atoms with E-state index in [1.165, 1.54) is 0 Å². The Morgan fingerprint density at radius 3 is 2.49 bits per heavy atom. The maximum absolute atomic E-state index is 13.4. The minimum absolute atomic E-state index is 0.00603. The first-order chi connectivity index (χ1) is 21.6. The molecule has 0 saturated carbocycles. The number of rotatable bonds is 13. The molecule has 3 aromatic carbocycles. The molecule has 1 amide bonds. The maximum atomic E-state index is 13.4. The van der Waals surface area contributed by atoms with Crippen LogP contribution in [0.25, 0.3) is 22.0 Å². The number of carboxylic acid groups (broad SMARTS) is 1. The third-order valence-electron chi connectivity index (χ3n) is 7.61. The molecule has 2 heterocycles. The number of aliphatic carboxylic acids is 1. The number of carbonyl (C=O) groups excluding carboxylic acids is 1. The fourth-order valence-corrected chi connectivity index (χ4v) is 7.14. The van der Waals surface area contributed by atoms with Crippen LogP contribution in [0.5, 0.6) is 0 Å². The second-order valence-electron chi connectivity index (χ2n) is 11.0. The van der Waals surface area contributed by atoms with Gasteiger partial charge in [0.05, 0.1) is 10.5 Å². The number of hydrogen-bond acceptors (Lipinski definition) is 8. The van der Waals surface area contributed by atoms with E-state index in [1.54, 1.807) is 38.1 Å². The number of benzene rings is 3. The summed E-state index contributed by atoms with van der Waals surface area (Å²) in [4.78, 5) is 29.6. The number of aromatic amines is 1. The molecule has 5 rings (SSSR count). The van der Waals surface area contributed by atoms with E-state index < -0.39 is 34.5 Å². The molecule has 0 saturated heterocycles. The summed E-state index contributed by atoms with van der Waals surface area (Å²) in [6.45, 7) is 4.49. The minimum Gasteiger partial charge on any atom is -0.480 e. The van der Waals surface area contributed by atoms with Crippen LogP contribution in [0.1, 0.15) is 40.0 Å². The van der Waals surface area contributed by atoms with Crippen molar-refractivity contribution in [2.75, 3.05) is 19.6 Å². The van der Waals surface area contributed by atoms with Crippen molar-refractivity contribution in [3.8, 4) is 11.1 Å². The fourth-order valence-electron chi connectivity index (χ4n) is 5.50. The van der Waals surface area contributed by atoms with E-state index >= 15 is 0 Å². The first kappa shape index (κ1) is 32.0. The number of nitrogens with one attached hydrogen (secondary N) is 5. The van der Waals surface area contributed by atoms with Crippen LogP contribution in [0.2, 0.25) is 0 Å². The summed E-state index contributed by atoms with van der Waals surface area (Å²) in [5.74, 6) is -1.98. The van der Waals surface area contributed by atoms with E-state index in [2.05, 4.69) is 35.9 Å². The normalized spacial score (nSPS) is 15.6. The lowest BCUT2D eigenvalue weighted by Crippen LogP contribution is -2.48. The molecule has 13 heteroatoms. The lowest BCUT2D eigenvalue weighted by atomic mass is 10.0. The Bertz CT molecular complexity index is 1800. The molecule has 0 radical (unpaired) electrons. The third-order valence-corrected chi connectivity index (χ3v) is 9.39. The quantitative estimate of drug-likeness (QED) is 0.122. The number of aromatic nitrogens is 2. The Balaban J connectivity index is 1.24. The summed E-state index contributed by atoms with van der Waals surface area (Å²) in [5.41, 5.74) is 4.33. The van der Waals surface area contributed by atoms with Crippen LogP contribution in [0.15, 0.2) is 70.6 Å². The molecule has 0 fully saturated rings. The standard InChI is InChI=1S/C32H37N7O5S/c1-20-17-23(22-9-4-3-5-10-22)18-21(2)29(20)45(43,44)39-27(31(41)42)19-36-30(40)25-12-6-11-24-26(37-38-28(24)25)13-7-14-33-32-34-15-8-16-35-32/h3-6,9-12,15,17-18,27,32-33,35,39H,7-8,13-14,16,19H2,1-2H3,(H,36,40)(H,37,38)(H,41,42). The summed E-state index contributed by atoms with van der Waals surface area (Å²) < 4.78 is 29.1. The van der Waals surface area contributed by atoms with Crippen molar-refractivity contribution in [3.63, 3.8) is 0 Å². The van der Waals surface area contributed by atoms with E-state index in [4.69, 9.17) is 0 Å². The van der Waals surface area contributed by atoms with Crippen LogP contribution >= 0.6 is 0 Å². The molecule has 0 aliphatic carbocycles. The zero-order chi connectivity index (χ0) is 32.0. The Hall–Kier alpha value is -4.43. The van der Waals surface area contributed by atoms with E-state index in [0.717, 1.165) is 48.1 Å². The molecule has 1 aliphatic rings. The van der Waals surface area contributed by atoms with Gasteiger partial charge in [-0.2, -0.15) is 9.82 Å². The number of sulfonamides is 1. The van der Waals surface area contributed by atoms with Gasteiger partial charge in [0.25, 0.3) is 5.91 Å². The highest BCUT2D eigenvalue weighted by molar-refractivity contribution is 7.89. The Morgan fingerprint density at radius 1 is 1.04 bits per heavy atom. The molecule has 12 nitrogen and oxygen atoms in total. The highest BCUT2D eigenvalue weighted by Gasteiger charge is 2.29. The summed E-state index contributed by atoms with van der Waals surface area (Å²) in [7, 11) is -4.24. The molecule has 6 N–H and O–H groups in total. The topological polar surface area (TPSA) is 178 Å².